The van der Waals surface area contributed by atoms with Crippen LogP contribution in [0.25, 0.3) is 0 Å². The van der Waals surface area contributed by atoms with Gasteiger partial charge in [0.15, 0.2) is 0 Å². The van der Waals surface area contributed by atoms with E-state index in [9.17, 15) is 14.0 Å². The number of anilines is 2. The fraction of sp³-hybridized carbons (Fsp3) is 0.0952. The summed E-state index contributed by atoms with van der Waals surface area (Å²) in [6.07, 6.45) is 1.41. The standard InChI is InChI=1S/C21H19FN4O3/c1-13-4-3-5-14(10-13)25-21(28)26-18-7-6-15(11-17(18)22)29-16-8-9-24-19(12-16)20(27)23-2/h3-12H,1-2H3,(H,23,27)(H2,25,26,28)/i4D. The number of nitrogens with one attached hydrogen (secondary N) is 3. The zero-order valence-corrected chi connectivity index (χ0v) is 15.7. The van der Waals surface area contributed by atoms with Gasteiger partial charge in [-0.3, -0.25) is 9.78 Å². The lowest BCUT2D eigenvalue weighted by Gasteiger charge is -2.11. The molecule has 2 aromatic carbocycles. The summed E-state index contributed by atoms with van der Waals surface area (Å²) in [6.45, 7) is 1.75. The molecule has 3 N–H and O–H groups in total. The highest BCUT2D eigenvalue weighted by molar-refractivity contribution is 5.99. The topological polar surface area (TPSA) is 92.3 Å². The third kappa shape index (κ3) is 5.29. The summed E-state index contributed by atoms with van der Waals surface area (Å²) in [6, 6.07) is 11.5. The van der Waals surface area contributed by atoms with Crippen molar-refractivity contribution in [3.8, 4) is 11.5 Å². The average Bonchev–Trinajstić information content (AvgIpc) is 2.72. The first-order valence-electron chi connectivity index (χ1n) is 9.16. The molecule has 0 fully saturated rings. The number of pyridine rings is 1. The lowest BCUT2D eigenvalue weighted by atomic mass is 10.2. The van der Waals surface area contributed by atoms with Crippen molar-refractivity contribution in [1.29, 1.82) is 0 Å². The van der Waals surface area contributed by atoms with Gasteiger partial charge < -0.3 is 20.7 Å². The molecule has 3 amide bonds. The minimum Gasteiger partial charge on any atom is -0.457 e. The summed E-state index contributed by atoms with van der Waals surface area (Å²) in [7, 11) is 1.49. The van der Waals surface area contributed by atoms with Gasteiger partial charge in [-0.15, -0.1) is 0 Å². The zero-order chi connectivity index (χ0) is 21.7. The second kappa shape index (κ2) is 8.83. The second-order valence-corrected chi connectivity index (χ2v) is 6.04. The smallest absolute Gasteiger partial charge is 0.323 e. The Morgan fingerprint density at radius 2 is 1.90 bits per heavy atom. The molecule has 8 heteroatoms. The molecule has 0 unspecified atom stereocenters. The number of aryl methyl sites for hydroxylation is 1. The number of hydrogen-bond acceptors (Lipinski definition) is 4. The number of amides is 3. The molecule has 1 aromatic heterocycles. The molecular formula is C21H19FN4O3. The van der Waals surface area contributed by atoms with Crippen LogP contribution in [0.15, 0.2) is 60.8 Å². The van der Waals surface area contributed by atoms with E-state index in [1.807, 2.05) is 0 Å². The average molecular weight is 395 g/mol. The Bertz CT molecular complexity index is 1110. The van der Waals surface area contributed by atoms with Crippen LogP contribution in [-0.4, -0.2) is 24.0 Å². The molecule has 0 spiro atoms. The van der Waals surface area contributed by atoms with Crippen LogP contribution in [0.3, 0.4) is 0 Å². The second-order valence-electron chi connectivity index (χ2n) is 6.04. The molecule has 0 aliphatic heterocycles. The lowest BCUT2D eigenvalue weighted by molar-refractivity contribution is 0.0958. The van der Waals surface area contributed by atoms with E-state index in [1.165, 1.54) is 37.5 Å². The number of rotatable bonds is 5. The van der Waals surface area contributed by atoms with E-state index in [2.05, 4.69) is 20.9 Å². The molecule has 0 aliphatic rings. The SMILES string of the molecule is [2H]c1ccc(NC(=O)Nc2ccc(Oc3ccnc(C(=O)NC)c3)cc2F)cc1C. The van der Waals surface area contributed by atoms with Gasteiger partial charge in [-0.2, -0.15) is 0 Å². The van der Waals surface area contributed by atoms with Gasteiger partial charge in [0.05, 0.1) is 7.06 Å². The van der Waals surface area contributed by atoms with Crippen molar-refractivity contribution in [2.24, 2.45) is 0 Å². The van der Waals surface area contributed by atoms with E-state index in [-0.39, 0.29) is 23.0 Å². The lowest BCUT2D eigenvalue weighted by Crippen LogP contribution is -2.20. The minimum absolute atomic E-state index is 0.0329. The molecular weight excluding hydrogens is 375 g/mol. The maximum Gasteiger partial charge on any atom is 0.323 e. The van der Waals surface area contributed by atoms with Gasteiger partial charge in [-0.25, -0.2) is 9.18 Å². The summed E-state index contributed by atoms with van der Waals surface area (Å²) in [4.78, 5) is 27.7. The highest BCUT2D eigenvalue weighted by atomic mass is 19.1. The van der Waals surface area contributed by atoms with Gasteiger partial charge in [0.2, 0.25) is 0 Å². The Labute approximate surface area is 168 Å². The number of ether oxygens (including phenoxy) is 1. The number of aromatic nitrogens is 1. The number of carbonyl (C=O) groups excluding carboxylic acids is 2. The Balaban J connectivity index is 1.67. The number of benzene rings is 2. The van der Waals surface area contributed by atoms with E-state index in [1.54, 1.807) is 25.1 Å². The van der Waals surface area contributed by atoms with E-state index in [4.69, 9.17) is 6.11 Å². The minimum atomic E-state index is -0.694. The molecule has 0 radical (unpaired) electrons. The van der Waals surface area contributed by atoms with Gasteiger partial charge in [0.1, 0.15) is 23.0 Å². The molecule has 0 saturated heterocycles. The van der Waals surface area contributed by atoms with Crippen LogP contribution in [-0.2, 0) is 0 Å². The van der Waals surface area contributed by atoms with E-state index >= 15 is 0 Å². The normalized spacial score (nSPS) is 10.7. The Morgan fingerprint density at radius 3 is 2.62 bits per heavy atom. The van der Waals surface area contributed by atoms with Crippen molar-refractivity contribution in [3.63, 3.8) is 0 Å². The van der Waals surface area contributed by atoms with E-state index < -0.39 is 11.8 Å². The van der Waals surface area contributed by atoms with Gasteiger partial charge in [-0.05, 0) is 42.8 Å². The summed E-state index contributed by atoms with van der Waals surface area (Å²) < 4.78 is 27.6. The molecule has 0 saturated carbocycles. The highest BCUT2D eigenvalue weighted by Gasteiger charge is 2.11. The number of hydrogen-bond donors (Lipinski definition) is 3. The molecule has 3 aromatic rings. The maximum atomic E-state index is 14.4. The molecule has 1 heterocycles. The van der Waals surface area contributed by atoms with Crippen LogP contribution < -0.4 is 20.7 Å². The number of urea groups is 1. The van der Waals surface area contributed by atoms with Crippen molar-refractivity contribution in [2.45, 2.75) is 6.92 Å². The predicted octanol–water partition coefficient (Wildman–Crippen LogP) is 4.33. The molecule has 0 aliphatic carbocycles. The van der Waals surface area contributed by atoms with Gasteiger partial charge >= 0.3 is 6.03 Å². The first kappa shape index (κ1) is 18.4. The van der Waals surface area contributed by atoms with Gasteiger partial charge in [0.25, 0.3) is 5.91 Å². The first-order chi connectivity index (χ1) is 14.4. The number of halogens is 1. The van der Waals surface area contributed by atoms with E-state index in [0.717, 1.165) is 6.07 Å². The summed E-state index contributed by atoms with van der Waals surface area (Å²) in [5.41, 5.74) is 1.33. The largest absolute Gasteiger partial charge is 0.457 e. The van der Waals surface area contributed by atoms with Crippen molar-refractivity contribution in [2.75, 3.05) is 17.7 Å². The highest BCUT2D eigenvalue weighted by Crippen LogP contribution is 2.26. The van der Waals surface area contributed by atoms with Crippen LogP contribution in [0.4, 0.5) is 20.6 Å². The molecule has 3 rings (SSSR count). The number of carbonyl (C=O) groups is 2. The molecule has 0 bridgehead atoms. The third-order valence-corrected chi connectivity index (χ3v) is 3.82. The third-order valence-electron chi connectivity index (χ3n) is 3.82. The van der Waals surface area contributed by atoms with Crippen LogP contribution >= 0.6 is 0 Å². The van der Waals surface area contributed by atoms with Crippen LogP contribution in [0.5, 0.6) is 11.5 Å². The predicted molar refractivity (Wildman–Crippen MR) is 108 cm³/mol. The van der Waals surface area contributed by atoms with E-state index in [0.29, 0.717) is 23.0 Å². The molecule has 0 atom stereocenters. The fourth-order valence-electron chi connectivity index (χ4n) is 2.47. The fourth-order valence-corrected chi connectivity index (χ4v) is 2.47. The van der Waals surface area contributed by atoms with Crippen molar-refractivity contribution in [3.05, 3.63) is 77.8 Å². The summed E-state index contributed by atoms with van der Waals surface area (Å²) in [5.74, 6) is -0.561. The van der Waals surface area contributed by atoms with Gasteiger partial charge in [-0.1, -0.05) is 12.1 Å². The summed E-state index contributed by atoms with van der Waals surface area (Å²) in [5, 5.41) is 7.47. The zero-order valence-electron chi connectivity index (χ0n) is 16.7. The maximum absolute atomic E-state index is 14.4. The Hall–Kier alpha value is -3.94. The summed E-state index contributed by atoms with van der Waals surface area (Å²) >= 11 is 0. The number of nitrogens with zero attached hydrogens (tertiary/aromatic N) is 1. The molecule has 148 valence electrons. The van der Waals surface area contributed by atoms with Crippen molar-refractivity contribution < 1.29 is 20.1 Å². The van der Waals surface area contributed by atoms with Crippen molar-refractivity contribution in [1.82, 2.24) is 10.3 Å². The van der Waals surface area contributed by atoms with Crippen LogP contribution in [0.2, 0.25) is 0 Å². The van der Waals surface area contributed by atoms with Crippen molar-refractivity contribution >= 4 is 23.3 Å². The van der Waals surface area contributed by atoms with Crippen LogP contribution in [0.1, 0.15) is 17.4 Å². The molecule has 7 nitrogen and oxygen atoms in total. The quantitative estimate of drug-likeness (QED) is 0.600. The first-order valence-corrected chi connectivity index (χ1v) is 8.66. The molecule has 29 heavy (non-hydrogen) atoms. The van der Waals surface area contributed by atoms with Crippen LogP contribution in [0, 0.1) is 12.7 Å². The Kier molecular flexibility index (Phi) is 5.61. The monoisotopic (exact) mass is 395 g/mol. The van der Waals surface area contributed by atoms with Gasteiger partial charge in [0, 0.05) is 31.1 Å². The Morgan fingerprint density at radius 1 is 1.10 bits per heavy atom.